The summed E-state index contributed by atoms with van der Waals surface area (Å²) in [6, 6.07) is 10.5. The molecule has 0 atom stereocenters. The normalized spacial score (nSPS) is 18.0. The fraction of sp³-hybridized carbons (Fsp3) is 0.474. The van der Waals surface area contributed by atoms with Gasteiger partial charge in [0.25, 0.3) is 0 Å². The van der Waals surface area contributed by atoms with Crippen LogP contribution in [0.4, 0.5) is 17.5 Å². The number of nitrogens with zero attached hydrogens (tertiary/aromatic N) is 7. The molecule has 0 saturated carbocycles. The highest BCUT2D eigenvalue weighted by molar-refractivity contribution is 5.73. The minimum Gasteiger partial charge on any atom is -0.368 e. The van der Waals surface area contributed by atoms with Crippen molar-refractivity contribution in [3.63, 3.8) is 0 Å². The highest BCUT2D eigenvalue weighted by atomic mass is 16.2. The van der Waals surface area contributed by atoms with Crippen LogP contribution < -0.4 is 14.7 Å². The van der Waals surface area contributed by atoms with Gasteiger partial charge >= 0.3 is 0 Å². The second-order valence-corrected chi connectivity index (χ2v) is 6.92. The van der Waals surface area contributed by atoms with Crippen LogP contribution >= 0.6 is 0 Å². The number of amides is 1. The van der Waals surface area contributed by atoms with E-state index >= 15 is 0 Å². The van der Waals surface area contributed by atoms with Gasteiger partial charge in [0.1, 0.15) is 0 Å². The molecule has 2 aromatic rings. The van der Waals surface area contributed by atoms with E-state index in [0.717, 1.165) is 45.1 Å². The van der Waals surface area contributed by atoms with Gasteiger partial charge in [0.05, 0.1) is 6.20 Å². The third-order valence-corrected chi connectivity index (χ3v) is 5.27. The van der Waals surface area contributed by atoms with Crippen LogP contribution in [0.25, 0.3) is 0 Å². The van der Waals surface area contributed by atoms with Crippen LogP contribution in [-0.4, -0.2) is 78.3 Å². The highest BCUT2D eigenvalue weighted by Gasteiger charge is 2.23. The van der Waals surface area contributed by atoms with E-state index in [4.69, 9.17) is 4.98 Å². The van der Waals surface area contributed by atoms with Crippen LogP contribution in [0.3, 0.4) is 0 Å². The zero-order valence-electron chi connectivity index (χ0n) is 15.7. The fourth-order valence-electron chi connectivity index (χ4n) is 3.63. The second-order valence-electron chi connectivity index (χ2n) is 6.92. The van der Waals surface area contributed by atoms with Crippen molar-refractivity contribution in [2.24, 2.45) is 0 Å². The molecule has 0 bridgehead atoms. The van der Waals surface area contributed by atoms with Gasteiger partial charge in [0.2, 0.25) is 11.9 Å². The Kier molecular flexibility index (Phi) is 5.04. The Morgan fingerprint density at radius 3 is 2.15 bits per heavy atom. The number of hydrogen-bond acceptors (Lipinski definition) is 7. The molecule has 0 N–H and O–H groups in total. The van der Waals surface area contributed by atoms with Crippen LogP contribution in [0, 0.1) is 0 Å². The molecule has 27 heavy (non-hydrogen) atoms. The molecule has 8 nitrogen and oxygen atoms in total. The largest absolute Gasteiger partial charge is 0.368 e. The van der Waals surface area contributed by atoms with Gasteiger partial charge in [0.15, 0.2) is 5.82 Å². The van der Waals surface area contributed by atoms with E-state index in [9.17, 15) is 4.79 Å². The summed E-state index contributed by atoms with van der Waals surface area (Å²) in [5.74, 6) is 1.65. The Hall–Kier alpha value is -2.90. The maximum absolute atomic E-state index is 11.5. The molecule has 2 fully saturated rings. The lowest BCUT2D eigenvalue weighted by atomic mass is 10.2. The zero-order chi connectivity index (χ0) is 18.6. The molecule has 1 aromatic carbocycles. The molecule has 3 heterocycles. The first-order chi connectivity index (χ1) is 13.2. The third-order valence-electron chi connectivity index (χ3n) is 5.27. The SMILES string of the molecule is CC(=O)N1CCN(c2nncc(N3CCN(c4ccccc4)CC3)n2)CC1. The number of piperazine rings is 2. The van der Waals surface area contributed by atoms with E-state index in [2.05, 4.69) is 49.2 Å². The van der Waals surface area contributed by atoms with Crippen molar-refractivity contribution < 1.29 is 4.79 Å². The summed E-state index contributed by atoms with van der Waals surface area (Å²) in [5, 5.41) is 8.39. The molecule has 0 unspecified atom stereocenters. The number of rotatable bonds is 3. The summed E-state index contributed by atoms with van der Waals surface area (Å²) < 4.78 is 0. The molecule has 8 heteroatoms. The minimum absolute atomic E-state index is 0.124. The van der Waals surface area contributed by atoms with Crippen LogP contribution in [-0.2, 0) is 4.79 Å². The molecule has 0 aliphatic carbocycles. The summed E-state index contributed by atoms with van der Waals surface area (Å²) in [6.45, 7) is 8.25. The van der Waals surface area contributed by atoms with Crippen LogP contribution in [0.1, 0.15) is 6.92 Å². The molecule has 1 amide bonds. The lowest BCUT2D eigenvalue weighted by Gasteiger charge is -2.37. The predicted molar refractivity (Wildman–Crippen MR) is 105 cm³/mol. The van der Waals surface area contributed by atoms with Gasteiger partial charge in [-0.05, 0) is 12.1 Å². The fourth-order valence-corrected chi connectivity index (χ4v) is 3.63. The average molecular weight is 367 g/mol. The van der Waals surface area contributed by atoms with E-state index in [-0.39, 0.29) is 5.91 Å². The van der Waals surface area contributed by atoms with Gasteiger partial charge < -0.3 is 19.6 Å². The number of benzene rings is 1. The van der Waals surface area contributed by atoms with E-state index < -0.39 is 0 Å². The van der Waals surface area contributed by atoms with E-state index in [1.54, 1.807) is 13.1 Å². The molecule has 1 aromatic heterocycles. The quantitative estimate of drug-likeness (QED) is 0.797. The van der Waals surface area contributed by atoms with E-state index in [0.29, 0.717) is 19.0 Å². The molecule has 0 radical (unpaired) electrons. The van der Waals surface area contributed by atoms with Crippen LogP contribution in [0.2, 0.25) is 0 Å². The Morgan fingerprint density at radius 2 is 1.48 bits per heavy atom. The van der Waals surface area contributed by atoms with Gasteiger partial charge in [-0.1, -0.05) is 18.2 Å². The van der Waals surface area contributed by atoms with Gasteiger partial charge in [0, 0.05) is 65.0 Å². The first kappa shape index (κ1) is 17.5. The lowest BCUT2D eigenvalue weighted by Crippen LogP contribution is -2.49. The summed E-state index contributed by atoms with van der Waals surface area (Å²) >= 11 is 0. The van der Waals surface area contributed by atoms with Crippen molar-refractivity contribution in [1.82, 2.24) is 20.1 Å². The smallest absolute Gasteiger partial charge is 0.247 e. The molecule has 2 saturated heterocycles. The average Bonchev–Trinajstić information content (AvgIpc) is 2.75. The maximum atomic E-state index is 11.5. The van der Waals surface area contributed by atoms with Crippen molar-refractivity contribution in [1.29, 1.82) is 0 Å². The number of hydrogen-bond donors (Lipinski definition) is 0. The predicted octanol–water partition coefficient (Wildman–Crippen LogP) is 0.867. The maximum Gasteiger partial charge on any atom is 0.247 e. The minimum atomic E-state index is 0.124. The molecular weight excluding hydrogens is 342 g/mol. The van der Waals surface area contributed by atoms with Gasteiger partial charge in [-0.25, -0.2) is 0 Å². The standard InChI is InChI=1S/C19H25N7O/c1-16(27)23-7-13-26(14-8-23)19-21-18(15-20-22-19)25-11-9-24(10-12-25)17-5-3-2-4-6-17/h2-6,15H,7-14H2,1H3. The first-order valence-electron chi connectivity index (χ1n) is 9.46. The van der Waals surface area contributed by atoms with Crippen LogP contribution in [0.15, 0.2) is 36.5 Å². The number of para-hydroxylation sites is 1. The van der Waals surface area contributed by atoms with Gasteiger partial charge in [-0.15, -0.1) is 5.10 Å². The van der Waals surface area contributed by atoms with E-state index in [1.807, 2.05) is 11.0 Å². The Bertz CT molecular complexity index is 769. The summed E-state index contributed by atoms with van der Waals surface area (Å²) in [4.78, 5) is 24.9. The summed E-state index contributed by atoms with van der Waals surface area (Å²) in [6.07, 6.45) is 1.74. The molecule has 2 aliphatic heterocycles. The van der Waals surface area contributed by atoms with Crippen LogP contribution in [0.5, 0.6) is 0 Å². The molecule has 0 spiro atoms. The number of carbonyl (C=O) groups is 1. The first-order valence-corrected chi connectivity index (χ1v) is 9.46. The molecule has 4 rings (SSSR count). The Labute approximate surface area is 159 Å². The Morgan fingerprint density at radius 1 is 0.852 bits per heavy atom. The Balaban J connectivity index is 1.38. The highest BCUT2D eigenvalue weighted by Crippen LogP contribution is 2.20. The van der Waals surface area contributed by atoms with Crippen molar-refractivity contribution >= 4 is 23.4 Å². The van der Waals surface area contributed by atoms with Crippen molar-refractivity contribution in [2.45, 2.75) is 6.92 Å². The zero-order valence-corrected chi connectivity index (χ0v) is 15.7. The monoisotopic (exact) mass is 367 g/mol. The van der Waals surface area contributed by atoms with Crippen molar-refractivity contribution in [3.8, 4) is 0 Å². The van der Waals surface area contributed by atoms with Crippen molar-refractivity contribution in [3.05, 3.63) is 36.5 Å². The second kappa shape index (κ2) is 7.77. The number of aromatic nitrogens is 3. The van der Waals surface area contributed by atoms with Crippen molar-refractivity contribution in [2.75, 3.05) is 67.1 Å². The number of carbonyl (C=O) groups excluding carboxylic acids is 1. The molecular formula is C19H25N7O. The van der Waals surface area contributed by atoms with Gasteiger partial charge in [-0.3, -0.25) is 4.79 Å². The number of anilines is 3. The topological polar surface area (TPSA) is 68.7 Å². The van der Waals surface area contributed by atoms with Gasteiger partial charge in [-0.2, -0.15) is 10.1 Å². The third kappa shape index (κ3) is 3.94. The van der Waals surface area contributed by atoms with E-state index in [1.165, 1.54) is 5.69 Å². The lowest BCUT2D eigenvalue weighted by molar-refractivity contribution is -0.129. The summed E-state index contributed by atoms with van der Waals surface area (Å²) in [5.41, 5.74) is 1.27. The molecule has 2 aliphatic rings. The molecule has 142 valence electrons. The summed E-state index contributed by atoms with van der Waals surface area (Å²) in [7, 11) is 0.